The van der Waals surface area contributed by atoms with Gasteiger partial charge in [-0.1, -0.05) is 29.8 Å². The van der Waals surface area contributed by atoms with Gasteiger partial charge in [0.15, 0.2) is 4.77 Å². The van der Waals surface area contributed by atoms with Crippen molar-refractivity contribution >= 4 is 53.1 Å². The Morgan fingerprint density at radius 3 is 1.53 bits per heavy atom. The van der Waals surface area contributed by atoms with Gasteiger partial charge >= 0.3 is 23.5 Å². The molecule has 0 atom stereocenters. The second kappa shape index (κ2) is 13.4. The number of aromatic nitrogens is 2. The maximum Gasteiger partial charge on any atom is 0.466 e. The average molecular weight is 532 g/mol. The molecule has 172 valence electrons. The van der Waals surface area contributed by atoms with Crippen LogP contribution >= 0.6 is 47.3 Å². The minimum Gasteiger partial charge on any atom is -0.385 e. The van der Waals surface area contributed by atoms with Gasteiger partial charge in [0.05, 0.1) is 0 Å². The summed E-state index contributed by atoms with van der Waals surface area (Å²) in [5, 5.41) is 0.636. The summed E-state index contributed by atoms with van der Waals surface area (Å²) >= 11 is 10.9. The Balaban J connectivity index is 0. The average Bonchev–Trinajstić information content (AvgIpc) is 2.43. The van der Waals surface area contributed by atoms with E-state index in [2.05, 4.69) is 9.97 Å². The lowest BCUT2D eigenvalue weighted by molar-refractivity contribution is 0.272. The molecule has 1 aromatic carbocycles. The molecule has 30 heavy (non-hydrogen) atoms. The highest BCUT2D eigenvalue weighted by Crippen LogP contribution is 2.30. The molecular formula is C10H17ClN3O12P3S. The SMILES string of the molecule is Nc1[nH]c(=S)ncc1-c1ccccc1Cl.O=P(O)(O)O.O=P(O)(O)O.O=P(O)(O)O. The van der Waals surface area contributed by atoms with E-state index in [4.69, 9.17) is 87.3 Å². The van der Waals surface area contributed by atoms with Crippen LogP contribution in [-0.2, 0) is 13.7 Å². The minimum atomic E-state index is -4.64. The number of hydrogen-bond acceptors (Lipinski definition) is 6. The van der Waals surface area contributed by atoms with Crippen LogP contribution in [0.4, 0.5) is 5.82 Å². The van der Waals surface area contributed by atoms with Crippen LogP contribution in [0.15, 0.2) is 30.5 Å². The fourth-order valence-electron chi connectivity index (χ4n) is 1.30. The quantitative estimate of drug-likeness (QED) is 0.174. The number of anilines is 1. The molecule has 0 saturated carbocycles. The number of aromatic amines is 1. The van der Waals surface area contributed by atoms with E-state index in [-0.39, 0.29) is 0 Å². The van der Waals surface area contributed by atoms with E-state index < -0.39 is 23.5 Å². The number of benzene rings is 1. The molecule has 1 aromatic heterocycles. The van der Waals surface area contributed by atoms with Crippen LogP contribution in [-0.4, -0.2) is 54.0 Å². The summed E-state index contributed by atoms with van der Waals surface area (Å²) in [7, 11) is -13.9. The van der Waals surface area contributed by atoms with E-state index in [1.807, 2.05) is 18.2 Å². The summed E-state index contributed by atoms with van der Waals surface area (Å²) < 4.78 is 27.0. The third kappa shape index (κ3) is 25.0. The lowest BCUT2D eigenvalue weighted by Crippen LogP contribution is -1.96. The van der Waals surface area contributed by atoms with E-state index in [0.29, 0.717) is 15.6 Å². The first-order chi connectivity index (χ1) is 13.2. The van der Waals surface area contributed by atoms with Gasteiger partial charge in [-0.05, 0) is 18.3 Å². The molecule has 0 saturated heterocycles. The molecule has 0 aliphatic heterocycles. The van der Waals surface area contributed by atoms with Gasteiger partial charge in [-0.25, -0.2) is 18.7 Å². The van der Waals surface area contributed by atoms with E-state index in [0.717, 1.165) is 11.1 Å². The summed E-state index contributed by atoms with van der Waals surface area (Å²) in [6, 6.07) is 7.44. The summed E-state index contributed by atoms with van der Waals surface area (Å²) in [5.41, 5.74) is 7.40. The Morgan fingerprint density at radius 2 is 1.20 bits per heavy atom. The minimum absolute atomic E-state index is 0.364. The zero-order valence-corrected chi connectivity index (χ0v) is 18.5. The van der Waals surface area contributed by atoms with Crippen LogP contribution in [0.25, 0.3) is 11.1 Å². The van der Waals surface area contributed by atoms with Crippen molar-refractivity contribution in [3.8, 4) is 11.1 Å². The van der Waals surface area contributed by atoms with Crippen molar-refractivity contribution in [2.24, 2.45) is 0 Å². The summed E-state index contributed by atoms with van der Waals surface area (Å²) in [6.45, 7) is 0. The zero-order valence-electron chi connectivity index (χ0n) is 14.3. The molecule has 0 bridgehead atoms. The zero-order chi connectivity index (χ0) is 24.3. The molecule has 15 nitrogen and oxygen atoms in total. The van der Waals surface area contributed by atoms with E-state index >= 15 is 0 Å². The third-order valence-electron chi connectivity index (χ3n) is 2.01. The Morgan fingerprint density at radius 1 is 0.833 bits per heavy atom. The van der Waals surface area contributed by atoms with E-state index in [9.17, 15) is 0 Å². The lowest BCUT2D eigenvalue weighted by Gasteiger charge is -2.06. The van der Waals surface area contributed by atoms with Crippen LogP contribution in [0.3, 0.4) is 0 Å². The Bertz CT molecular complexity index is 931. The number of nitrogens with one attached hydrogen (secondary N) is 1. The molecule has 12 N–H and O–H groups in total. The molecule has 1 heterocycles. The van der Waals surface area contributed by atoms with Crippen molar-refractivity contribution in [3.05, 3.63) is 40.3 Å². The molecule has 0 unspecified atom stereocenters. The van der Waals surface area contributed by atoms with Crippen LogP contribution in [0.5, 0.6) is 0 Å². The van der Waals surface area contributed by atoms with Crippen LogP contribution < -0.4 is 5.73 Å². The Hall–Kier alpha value is -1.06. The summed E-state index contributed by atoms with van der Waals surface area (Å²) in [6.07, 6.45) is 1.62. The fraction of sp³-hybridized carbons (Fsp3) is 0. The molecule has 20 heteroatoms. The first kappa shape index (κ1) is 31.1. The highest BCUT2D eigenvalue weighted by atomic mass is 35.5. The van der Waals surface area contributed by atoms with Crippen LogP contribution in [0.2, 0.25) is 5.02 Å². The summed E-state index contributed by atoms with van der Waals surface area (Å²) in [4.78, 5) is 71.5. The maximum atomic E-state index is 8.88. The number of nitrogens with zero attached hydrogens (tertiary/aromatic N) is 1. The molecule has 0 aliphatic rings. The smallest absolute Gasteiger partial charge is 0.385 e. The molecule has 0 radical (unpaired) electrons. The molecule has 2 rings (SSSR count). The van der Waals surface area contributed by atoms with Crippen molar-refractivity contribution < 1.29 is 57.7 Å². The molecular weight excluding hydrogens is 515 g/mol. The van der Waals surface area contributed by atoms with Gasteiger partial charge in [0.2, 0.25) is 0 Å². The molecule has 0 aliphatic carbocycles. The normalized spacial score (nSPS) is 11.0. The number of H-pyrrole nitrogens is 1. The number of nitrogens with two attached hydrogens (primary N) is 1. The van der Waals surface area contributed by atoms with Crippen molar-refractivity contribution in [2.75, 3.05) is 5.73 Å². The lowest BCUT2D eigenvalue weighted by atomic mass is 10.1. The number of nitrogen functional groups attached to an aromatic ring is 1. The number of halogens is 1. The van der Waals surface area contributed by atoms with E-state index in [1.165, 1.54) is 0 Å². The van der Waals surface area contributed by atoms with Gasteiger partial charge in [-0.15, -0.1) is 0 Å². The number of hydrogen-bond donors (Lipinski definition) is 11. The van der Waals surface area contributed by atoms with Gasteiger partial charge in [0.1, 0.15) is 5.82 Å². The standard InChI is InChI=1S/C10H8ClN3S.3H3O4P/c11-8-4-2-1-3-6(8)7-5-13-10(15)14-9(7)12;3*1-5(2,3)4/h1-5H,(H3,12,13,14,15);3*(H3,1,2,3,4). The number of rotatable bonds is 1. The highest BCUT2D eigenvalue weighted by molar-refractivity contribution is 7.71. The fourth-order valence-corrected chi connectivity index (χ4v) is 1.70. The highest BCUT2D eigenvalue weighted by Gasteiger charge is 2.06. The maximum absolute atomic E-state index is 8.88. The topological polar surface area (TPSA) is 288 Å². The second-order valence-electron chi connectivity index (χ2n) is 4.54. The Labute approximate surface area is 178 Å². The molecule has 0 amide bonds. The second-order valence-corrected chi connectivity index (χ2v) is 8.41. The Kier molecular flexibility index (Phi) is 13.9. The summed E-state index contributed by atoms with van der Waals surface area (Å²) in [5.74, 6) is 0.475. The largest absolute Gasteiger partial charge is 0.466 e. The molecule has 2 aromatic rings. The van der Waals surface area contributed by atoms with E-state index in [1.54, 1.807) is 12.3 Å². The van der Waals surface area contributed by atoms with Crippen LogP contribution in [0, 0.1) is 4.77 Å². The van der Waals surface area contributed by atoms with Crippen molar-refractivity contribution in [1.29, 1.82) is 0 Å². The van der Waals surface area contributed by atoms with Crippen molar-refractivity contribution in [2.45, 2.75) is 0 Å². The van der Waals surface area contributed by atoms with Gasteiger partial charge in [0, 0.05) is 22.3 Å². The first-order valence-electron chi connectivity index (χ1n) is 6.63. The van der Waals surface area contributed by atoms with Crippen molar-refractivity contribution in [3.63, 3.8) is 0 Å². The van der Waals surface area contributed by atoms with Gasteiger partial charge in [0.25, 0.3) is 0 Å². The predicted molar refractivity (Wildman–Crippen MR) is 107 cm³/mol. The van der Waals surface area contributed by atoms with Crippen LogP contribution in [0.1, 0.15) is 0 Å². The van der Waals surface area contributed by atoms with Gasteiger partial charge in [-0.3, -0.25) is 0 Å². The monoisotopic (exact) mass is 531 g/mol. The first-order valence-corrected chi connectivity index (χ1v) is 12.1. The molecule has 0 fully saturated rings. The van der Waals surface area contributed by atoms with Gasteiger partial charge in [-0.2, -0.15) is 0 Å². The molecule has 0 spiro atoms. The van der Waals surface area contributed by atoms with Crippen molar-refractivity contribution in [1.82, 2.24) is 9.97 Å². The predicted octanol–water partition coefficient (Wildman–Crippen LogP) is 0.256. The number of phosphoric acid groups is 3. The van der Waals surface area contributed by atoms with Gasteiger partial charge < -0.3 is 54.8 Å². The third-order valence-corrected chi connectivity index (χ3v) is 2.54.